The molecule has 4 atom stereocenters. The number of fused-ring (bicyclic) bond motifs is 1. The van der Waals surface area contributed by atoms with Crippen molar-refractivity contribution in [3.63, 3.8) is 0 Å². The fourth-order valence-corrected chi connectivity index (χ4v) is 4.43. The Morgan fingerprint density at radius 1 is 1.24 bits per heavy atom. The number of carboxylic acids is 1. The number of aliphatic carboxylic acids is 1. The normalized spacial score (nSPS) is 38.5. The summed E-state index contributed by atoms with van der Waals surface area (Å²) in [6.07, 6.45) is 4.14. The van der Waals surface area contributed by atoms with Crippen molar-refractivity contribution in [2.75, 3.05) is 0 Å². The van der Waals surface area contributed by atoms with Gasteiger partial charge in [0.25, 0.3) is 0 Å². The first-order valence-electron chi connectivity index (χ1n) is 5.93. The van der Waals surface area contributed by atoms with Crippen LogP contribution in [0.3, 0.4) is 0 Å². The minimum absolute atomic E-state index is 0.0832. The summed E-state index contributed by atoms with van der Waals surface area (Å²) < 4.78 is 11.4. The standard InChI is InChI=1S/C10H18NO5P/c12-10(13)8-5-6-3-1-2-4-7(6)9(11-8)17(14,15)16/h6-9,11H,1-5H2,(H,12,13)(H2,14,15,16)/t6-,7-,8-,9-/m0/s1. The molecule has 1 aliphatic carbocycles. The third-order valence-electron chi connectivity index (χ3n) is 3.94. The fourth-order valence-electron chi connectivity index (χ4n) is 3.16. The molecule has 4 N–H and O–H groups in total. The molecule has 0 spiro atoms. The number of nitrogens with one attached hydrogen (secondary N) is 1. The maximum Gasteiger partial charge on any atom is 0.342 e. The average Bonchev–Trinajstić information content (AvgIpc) is 2.26. The highest BCUT2D eigenvalue weighted by molar-refractivity contribution is 7.52. The molecule has 7 heteroatoms. The zero-order valence-corrected chi connectivity index (χ0v) is 10.3. The predicted molar refractivity (Wildman–Crippen MR) is 60.5 cm³/mol. The van der Waals surface area contributed by atoms with Crippen molar-refractivity contribution in [3.8, 4) is 0 Å². The molecule has 0 bridgehead atoms. The molecule has 1 saturated heterocycles. The van der Waals surface area contributed by atoms with Gasteiger partial charge in [0, 0.05) is 0 Å². The van der Waals surface area contributed by atoms with Gasteiger partial charge in [-0.15, -0.1) is 0 Å². The number of carbonyl (C=O) groups is 1. The van der Waals surface area contributed by atoms with Crippen molar-refractivity contribution >= 4 is 13.6 Å². The van der Waals surface area contributed by atoms with Gasteiger partial charge in [0.05, 0.1) is 0 Å². The molecule has 0 aromatic heterocycles. The van der Waals surface area contributed by atoms with Gasteiger partial charge in [-0.2, -0.15) is 0 Å². The van der Waals surface area contributed by atoms with Crippen LogP contribution in [-0.4, -0.2) is 32.7 Å². The van der Waals surface area contributed by atoms with Crippen LogP contribution in [0, 0.1) is 11.8 Å². The topological polar surface area (TPSA) is 107 Å². The summed E-state index contributed by atoms with van der Waals surface area (Å²) in [5.74, 6) is -1.96. The maximum atomic E-state index is 11.4. The Kier molecular flexibility index (Phi) is 3.59. The van der Waals surface area contributed by atoms with E-state index in [2.05, 4.69) is 5.32 Å². The van der Waals surface area contributed by atoms with E-state index in [-0.39, 0.29) is 11.8 Å². The van der Waals surface area contributed by atoms with E-state index in [1.165, 1.54) is 0 Å². The first-order chi connectivity index (χ1) is 7.89. The van der Waals surface area contributed by atoms with Gasteiger partial charge in [0.1, 0.15) is 11.8 Å². The highest BCUT2D eigenvalue weighted by Crippen LogP contribution is 2.52. The molecule has 0 aromatic rings. The first kappa shape index (κ1) is 13.0. The van der Waals surface area contributed by atoms with E-state index in [9.17, 15) is 19.1 Å². The molecule has 0 aromatic carbocycles. The second-order valence-corrected chi connectivity index (χ2v) is 6.77. The molecule has 2 rings (SSSR count). The van der Waals surface area contributed by atoms with Gasteiger partial charge in [0.15, 0.2) is 0 Å². The van der Waals surface area contributed by atoms with Crippen LogP contribution in [-0.2, 0) is 9.36 Å². The molecule has 17 heavy (non-hydrogen) atoms. The summed E-state index contributed by atoms with van der Waals surface area (Å²) in [5, 5.41) is 11.6. The summed E-state index contributed by atoms with van der Waals surface area (Å²) >= 11 is 0. The smallest absolute Gasteiger partial charge is 0.342 e. The zero-order chi connectivity index (χ0) is 12.6. The lowest BCUT2D eigenvalue weighted by atomic mass is 9.73. The van der Waals surface area contributed by atoms with E-state index >= 15 is 0 Å². The predicted octanol–water partition coefficient (Wildman–Crippen LogP) is 0.743. The van der Waals surface area contributed by atoms with Crippen LogP contribution in [0.1, 0.15) is 32.1 Å². The number of carboxylic acid groups (broad SMARTS) is 1. The Morgan fingerprint density at radius 3 is 2.47 bits per heavy atom. The average molecular weight is 263 g/mol. The van der Waals surface area contributed by atoms with E-state index in [4.69, 9.17) is 5.11 Å². The first-order valence-corrected chi connectivity index (χ1v) is 7.62. The molecular weight excluding hydrogens is 245 g/mol. The van der Waals surface area contributed by atoms with Crippen molar-refractivity contribution in [1.29, 1.82) is 0 Å². The van der Waals surface area contributed by atoms with Crippen molar-refractivity contribution in [1.82, 2.24) is 5.32 Å². The SMILES string of the molecule is O=C(O)[C@@H]1C[C@@H]2CCCC[C@@H]2[C@H](P(=O)(O)O)N1. The van der Waals surface area contributed by atoms with Crippen molar-refractivity contribution in [2.45, 2.75) is 43.9 Å². The zero-order valence-electron chi connectivity index (χ0n) is 9.45. The van der Waals surface area contributed by atoms with E-state index in [0.717, 1.165) is 25.7 Å². The van der Waals surface area contributed by atoms with Crippen LogP contribution < -0.4 is 5.32 Å². The largest absolute Gasteiger partial charge is 0.480 e. The Labute approximate surface area is 99.6 Å². The van der Waals surface area contributed by atoms with Gasteiger partial charge in [-0.3, -0.25) is 14.7 Å². The van der Waals surface area contributed by atoms with Crippen molar-refractivity contribution in [3.05, 3.63) is 0 Å². The quantitative estimate of drug-likeness (QED) is 0.547. The number of hydrogen-bond acceptors (Lipinski definition) is 3. The maximum absolute atomic E-state index is 11.4. The van der Waals surface area contributed by atoms with E-state index in [1.807, 2.05) is 0 Å². The highest BCUT2D eigenvalue weighted by atomic mass is 31.2. The van der Waals surface area contributed by atoms with Crippen LogP contribution in [0.25, 0.3) is 0 Å². The summed E-state index contributed by atoms with van der Waals surface area (Å²) in [7, 11) is -4.28. The van der Waals surface area contributed by atoms with Crippen LogP contribution in [0.5, 0.6) is 0 Å². The molecule has 1 aliphatic heterocycles. The van der Waals surface area contributed by atoms with E-state index < -0.39 is 25.4 Å². The summed E-state index contributed by atoms with van der Waals surface area (Å²) in [5.41, 5.74) is 0. The second kappa shape index (κ2) is 4.69. The second-order valence-electron chi connectivity index (χ2n) is 5.04. The van der Waals surface area contributed by atoms with Crippen molar-refractivity contribution in [2.24, 2.45) is 11.8 Å². The molecule has 2 fully saturated rings. The lowest BCUT2D eigenvalue weighted by molar-refractivity contribution is -0.141. The number of hydrogen-bond donors (Lipinski definition) is 4. The molecule has 0 unspecified atom stereocenters. The van der Waals surface area contributed by atoms with E-state index in [1.54, 1.807) is 0 Å². The number of rotatable bonds is 2. The molecule has 1 heterocycles. The van der Waals surface area contributed by atoms with Gasteiger partial charge < -0.3 is 14.9 Å². The third kappa shape index (κ3) is 2.71. The fraction of sp³-hybridized carbons (Fsp3) is 0.900. The van der Waals surface area contributed by atoms with Gasteiger partial charge in [-0.1, -0.05) is 19.3 Å². The Bertz CT molecular complexity index is 355. The molecular formula is C10H18NO5P. The number of piperidine rings is 1. The Morgan fingerprint density at radius 2 is 1.88 bits per heavy atom. The Balaban J connectivity index is 2.21. The van der Waals surface area contributed by atoms with Gasteiger partial charge in [-0.05, 0) is 24.7 Å². The molecule has 2 aliphatic rings. The van der Waals surface area contributed by atoms with Gasteiger partial charge in [0.2, 0.25) is 0 Å². The van der Waals surface area contributed by atoms with Gasteiger partial charge in [-0.25, -0.2) is 0 Å². The van der Waals surface area contributed by atoms with E-state index in [0.29, 0.717) is 6.42 Å². The minimum atomic E-state index is -4.28. The molecule has 98 valence electrons. The highest BCUT2D eigenvalue weighted by Gasteiger charge is 2.47. The van der Waals surface area contributed by atoms with Gasteiger partial charge >= 0.3 is 13.6 Å². The summed E-state index contributed by atoms with van der Waals surface area (Å²) in [6, 6.07) is -0.827. The Hall–Kier alpha value is -0.420. The van der Waals surface area contributed by atoms with Crippen LogP contribution >= 0.6 is 7.60 Å². The monoisotopic (exact) mass is 263 g/mol. The lowest BCUT2D eigenvalue weighted by Gasteiger charge is -2.44. The van der Waals surface area contributed by atoms with Crippen molar-refractivity contribution < 1.29 is 24.3 Å². The molecule has 1 saturated carbocycles. The third-order valence-corrected chi connectivity index (χ3v) is 5.20. The summed E-state index contributed by atoms with van der Waals surface area (Å²) in [4.78, 5) is 29.7. The minimum Gasteiger partial charge on any atom is -0.480 e. The summed E-state index contributed by atoms with van der Waals surface area (Å²) in [6.45, 7) is 0. The van der Waals surface area contributed by atoms with Crippen LogP contribution in [0.15, 0.2) is 0 Å². The molecule has 0 radical (unpaired) electrons. The molecule has 0 amide bonds. The van der Waals surface area contributed by atoms with Crippen LogP contribution in [0.4, 0.5) is 0 Å². The molecule has 6 nitrogen and oxygen atoms in total. The van der Waals surface area contributed by atoms with Crippen LogP contribution in [0.2, 0.25) is 0 Å². The lowest BCUT2D eigenvalue weighted by Crippen LogP contribution is -2.55.